The molecule has 1 aliphatic carbocycles. The van der Waals surface area contributed by atoms with Crippen molar-refractivity contribution in [2.45, 2.75) is 51.5 Å². The average Bonchev–Trinajstić information content (AvgIpc) is 2.45. The fourth-order valence-electron chi connectivity index (χ4n) is 3.26. The molecule has 20 heavy (non-hydrogen) atoms. The van der Waals surface area contributed by atoms with E-state index < -0.39 is 0 Å². The van der Waals surface area contributed by atoms with Crippen LogP contribution >= 0.6 is 0 Å². The van der Waals surface area contributed by atoms with E-state index in [1.54, 1.807) is 0 Å². The van der Waals surface area contributed by atoms with E-state index in [1.165, 1.54) is 37.8 Å². The van der Waals surface area contributed by atoms with Crippen molar-refractivity contribution in [2.24, 2.45) is 11.7 Å². The van der Waals surface area contributed by atoms with E-state index in [1.807, 2.05) is 0 Å². The molecule has 2 unspecified atom stereocenters. The van der Waals surface area contributed by atoms with Crippen LogP contribution in [-0.2, 0) is 0 Å². The van der Waals surface area contributed by atoms with Gasteiger partial charge in [0.1, 0.15) is 0 Å². The molecule has 2 nitrogen and oxygen atoms in total. The lowest BCUT2D eigenvalue weighted by Gasteiger charge is -2.37. The highest BCUT2D eigenvalue weighted by atomic mass is 15.2. The lowest BCUT2D eigenvalue weighted by atomic mass is 9.84. The number of hydrogen-bond acceptors (Lipinski definition) is 2. The van der Waals surface area contributed by atoms with E-state index in [9.17, 15) is 0 Å². The van der Waals surface area contributed by atoms with Gasteiger partial charge in [-0.05, 0) is 43.2 Å². The summed E-state index contributed by atoms with van der Waals surface area (Å²) in [6.07, 6.45) is 5.43. The molecule has 0 saturated heterocycles. The minimum Gasteiger partial charge on any atom is -0.329 e. The van der Waals surface area contributed by atoms with E-state index in [-0.39, 0.29) is 0 Å². The molecule has 1 aliphatic rings. The van der Waals surface area contributed by atoms with E-state index in [2.05, 4.69) is 49.1 Å². The highest BCUT2D eigenvalue weighted by Crippen LogP contribution is 2.29. The van der Waals surface area contributed by atoms with Gasteiger partial charge in [0.25, 0.3) is 0 Å². The van der Waals surface area contributed by atoms with E-state index in [0.717, 1.165) is 19.0 Å². The predicted octanol–water partition coefficient (Wildman–Crippen LogP) is 3.63. The van der Waals surface area contributed by atoms with Crippen LogP contribution in [0.3, 0.4) is 0 Å². The van der Waals surface area contributed by atoms with Gasteiger partial charge in [-0.2, -0.15) is 0 Å². The van der Waals surface area contributed by atoms with Gasteiger partial charge < -0.3 is 5.73 Å². The third kappa shape index (κ3) is 4.07. The van der Waals surface area contributed by atoms with Gasteiger partial charge in [0, 0.05) is 19.1 Å². The Morgan fingerprint density at radius 2 is 1.95 bits per heavy atom. The van der Waals surface area contributed by atoms with Crippen LogP contribution in [0.1, 0.15) is 51.0 Å². The van der Waals surface area contributed by atoms with Crippen molar-refractivity contribution in [2.75, 3.05) is 19.6 Å². The van der Waals surface area contributed by atoms with Crippen LogP contribution in [0.25, 0.3) is 0 Å². The summed E-state index contributed by atoms with van der Waals surface area (Å²) in [5.41, 5.74) is 7.50. The van der Waals surface area contributed by atoms with Crippen LogP contribution in [0.15, 0.2) is 30.3 Å². The minimum atomic E-state index is 0.524. The predicted molar refractivity (Wildman–Crippen MR) is 86.9 cm³/mol. The second kappa shape index (κ2) is 7.80. The normalized spacial score (nSPS) is 18.8. The minimum absolute atomic E-state index is 0.524. The van der Waals surface area contributed by atoms with Gasteiger partial charge in [0.15, 0.2) is 0 Å². The number of nitrogens with two attached hydrogens (primary N) is 1. The maximum absolute atomic E-state index is 6.07. The molecular formula is C18H30N2. The number of hydrogen-bond donors (Lipinski definition) is 1. The molecule has 0 amide bonds. The summed E-state index contributed by atoms with van der Waals surface area (Å²) in [6.45, 7) is 7.75. The molecule has 1 fully saturated rings. The first-order valence-electron chi connectivity index (χ1n) is 8.23. The molecule has 0 spiro atoms. The molecular weight excluding hydrogens is 244 g/mol. The first kappa shape index (κ1) is 15.5. The quantitative estimate of drug-likeness (QED) is 0.784. The average molecular weight is 274 g/mol. The Hall–Kier alpha value is -0.860. The van der Waals surface area contributed by atoms with Crippen molar-refractivity contribution < 1.29 is 0 Å². The molecule has 1 aromatic rings. The Bertz CT molecular complexity index is 372. The number of benzene rings is 1. The van der Waals surface area contributed by atoms with Crippen LogP contribution in [0.4, 0.5) is 0 Å². The van der Waals surface area contributed by atoms with Gasteiger partial charge in [0.2, 0.25) is 0 Å². The lowest BCUT2D eigenvalue weighted by Crippen LogP contribution is -2.44. The summed E-state index contributed by atoms with van der Waals surface area (Å²) >= 11 is 0. The van der Waals surface area contributed by atoms with Crippen LogP contribution in [0, 0.1) is 5.92 Å². The van der Waals surface area contributed by atoms with Gasteiger partial charge in [-0.25, -0.2) is 0 Å². The van der Waals surface area contributed by atoms with E-state index in [0.29, 0.717) is 12.0 Å². The first-order valence-corrected chi connectivity index (χ1v) is 8.23. The second-order valence-corrected chi connectivity index (χ2v) is 6.32. The van der Waals surface area contributed by atoms with Crippen LogP contribution in [-0.4, -0.2) is 30.6 Å². The highest BCUT2D eigenvalue weighted by molar-refractivity contribution is 5.18. The van der Waals surface area contributed by atoms with Crippen LogP contribution in [0.5, 0.6) is 0 Å². The number of likely N-dealkylation sites (N-methyl/N-ethyl adjacent to an activating group) is 1. The molecule has 0 heterocycles. The Kier molecular flexibility index (Phi) is 6.06. The summed E-state index contributed by atoms with van der Waals surface area (Å²) in [5, 5.41) is 0. The zero-order chi connectivity index (χ0) is 14.4. The van der Waals surface area contributed by atoms with Crippen LogP contribution in [0.2, 0.25) is 0 Å². The monoisotopic (exact) mass is 274 g/mol. The SMILES string of the molecule is CCN(CC1CCC1)C(CN)CC(C)c1ccccc1. The van der Waals surface area contributed by atoms with Crippen molar-refractivity contribution in [3.63, 3.8) is 0 Å². The molecule has 1 aromatic carbocycles. The van der Waals surface area contributed by atoms with E-state index >= 15 is 0 Å². The van der Waals surface area contributed by atoms with Crippen molar-refractivity contribution in [1.29, 1.82) is 0 Å². The second-order valence-electron chi connectivity index (χ2n) is 6.32. The maximum atomic E-state index is 6.07. The van der Waals surface area contributed by atoms with Crippen LogP contribution < -0.4 is 5.73 Å². The smallest absolute Gasteiger partial charge is 0.0224 e. The Morgan fingerprint density at radius 3 is 2.45 bits per heavy atom. The lowest BCUT2D eigenvalue weighted by molar-refractivity contribution is 0.132. The maximum Gasteiger partial charge on any atom is 0.0224 e. The third-order valence-corrected chi connectivity index (χ3v) is 4.91. The molecule has 0 aromatic heterocycles. The summed E-state index contributed by atoms with van der Waals surface area (Å²) < 4.78 is 0. The number of nitrogens with zero attached hydrogens (tertiary/aromatic N) is 1. The van der Waals surface area contributed by atoms with Gasteiger partial charge in [-0.15, -0.1) is 0 Å². The molecule has 2 atom stereocenters. The molecule has 112 valence electrons. The molecule has 2 N–H and O–H groups in total. The molecule has 1 saturated carbocycles. The van der Waals surface area contributed by atoms with Crippen molar-refractivity contribution in [3.05, 3.63) is 35.9 Å². The molecule has 0 radical (unpaired) electrons. The Morgan fingerprint density at radius 1 is 1.25 bits per heavy atom. The zero-order valence-electron chi connectivity index (χ0n) is 13.1. The Balaban J connectivity index is 1.92. The van der Waals surface area contributed by atoms with Gasteiger partial charge in [-0.1, -0.05) is 50.6 Å². The van der Waals surface area contributed by atoms with Crippen molar-refractivity contribution in [3.8, 4) is 0 Å². The molecule has 0 bridgehead atoms. The summed E-state index contributed by atoms with van der Waals surface area (Å²) in [4.78, 5) is 2.61. The van der Waals surface area contributed by atoms with Crippen molar-refractivity contribution in [1.82, 2.24) is 4.90 Å². The summed E-state index contributed by atoms with van der Waals surface area (Å²) in [5.74, 6) is 1.51. The summed E-state index contributed by atoms with van der Waals surface area (Å²) in [7, 11) is 0. The largest absolute Gasteiger partial charge is 0.329 e. The fourth-order valence-corrected chi connectivity index (χ4v) is 3.26. The fraction of sp³-hybridized carbons (Fsp3) is 0.667. The van der Waals surface area contributed by atoms with E-state index in [4.69, 9.17) is 5.73 Å². The van der Waals surface area contributed by atoms with Gasteiger partial charge in [0.05, 0.1) is 0 Å². The van der Waals surface area contributed by atoms with Gasteiger partial charge in [-0.3, -0.25) is 4.90 Å². The molecule has 0 aliphatic heterocycles. The highest BCUT2D eigenvalue weighted by Gasteiger charge is 2.25. The molecule has 2 rings (SSSR count). The number of rotatable bonds is 8. The standard InChI is InChI=1S/C18H30N2/c1-3-20(14-16-8-7-9-16)18(13-19)12-15(2)17-10-5-4-6-11-17/h4-6,10-11,15-16,18H,3,7-9,12-14,19H2,1-2H3. The Labute approximate surface area is 124 Å². The first-order chi connectivity index (χ1) is 9.74. The topological polar surface area (TPSA) is 29.3 Å². The summed E-state index contributed by atoms with van der Waals surface area (Å²) in [6, 6.07) is 11.4. The zero-order valence-corrected chi connectivity index (χ0v) is 13.1. The van der Waals surface area contributed by atoms with Gasteiger partial charge >= 0.3 is 0 Å². The molecule has 2 heteroatoms. The third-order valence-electron chi connectivity index (χ3n) is 4.91. The van der Waals surface area contributed by atoms with Crippen molar-refractivity contribution >= 4 is 0 Å².